The van der Waals surface area contributed by atoms with Crippen molar-refractivity contribution >= 4 is 33.4 Å². The number of aryl methyl sites for hydroxylation is 1. The summed E-state index contributed by atoms with van der Waals surface area (Å²) in [5.74, 6) is 0.502. The van der Waals surface area contributed by atoms with Gasteiger partial charge in [-0.25, -0.2) is 0 Å². The van der Waals surface area contributed by atoms with Gasteiger partial charge in [-0.1, -0.05) is 36.7 Å². The molecule has 1 atom stereocenters. The van der Waals surface area contributed by atoms with Gasteiger partial charge in [0, 0.05) is 22.0 Å². The van der Waals surface area contributed by atoms with Crippen LogP contribution in [-0.2, 0) is 0 Å². The lowest BCUT2D eigenvalue weighted by atomic mass is 9.85. The molecule has 1 N–H and O–H groups in total. The number of benzene rings is 1. The summed E-state index contributed by atoms with van der Waals surface area (Å²) in [5, 5.41) is 3.08. The van der Waals surface area contributed by atoms with Gasteiger partial charge in [0.2, 0.25) is 0 Å². The molecule has 0 bridgehead atoms. The molecule has 1 amide bonds. The molecule has 0 aliphatic rings. The van der Waals surface area contributed by atoms with Gasteiger partial charge in [0.25, 0.3) is 5.91 Å². The van der Waals surface area contributed by atoms with Crippen LogP contribution in [0.1, 0.15) is 43.1 Å². The minimum absolute atomic E-state index is 0.00500. The summed E-state index contributed by atoms with van der Waals surface area (Å²) in [6.45, 7) is 8.30. The fourth-order valence-electron chi connectivity index (χ4n) is 1.86. The van der Waals surface area contributed by atoms with E-state index in [4.69, 9.17) is 11.6 Å². The van der Waals surface area contributed by atoms with E-state index < -0.39 is 0 Å². The number of rotatable bonds is 4. The Morgan fingerprint density at radius 1 is 1.42 bits per heavy atom. The Kier molecular flexibility index (Phi) is 5.87. The lowest BCUT2D eigenvalue weighted by Gasteiger charge is -2.31. The van der Waals surface area contributed by atoms with Crippen LogP contribution in [0, 0.1) is 12.3 Å². The van der Waals surface area contributed by atoms with Crippen molar-refractivity contribution in [2.45, 2.75) is 40.2 Å². The van der Waals surface area contributed by atoms with Crippen LogP contribution in [0.25, 0.3) is 0 Å². The van der Waals surface area contributed by atoms with Crippen LogP contribution in [0.5, 0.6) is 0 Å². The smallest absolute Gasteiger partial charge is 0.251 e. The van der Waals surface area contributed by atoms with Gasteiger partial charge in [0.15, 0.2) is 0 Å². The monoisotopic (exact) mass is 345 g/mol. The molecule has 0 aliphatic carbocycles. The van der Waals surface area contributed by atoms with Crippen LogP contribution in [0.2, 0.25) is 0 Å². The predicted octanol–water partition coefficient (Wildman–Crippen LogP) is 4.53. The van der Waals surface area contributed by atoms with Crippen LogP contribution in [-0.4, -0.2) is 17.8 Å². The van der Waals surface area contributed by atoms with E-state index in [1.54, 1.807) is 0 Å². The Morgan fingerprint density at radius 2 is 2.05 bits per heavy atom. The third-order valence-corrected chi connectivity index (χ3v) is 4.28. The molecule has 0 fully saturated rings. The fourth-order valence-corrected chi connectivity index (χ4v) is 2.32. The standard InChI is InChI=1S/C15H21BrClNO/c1-10-9-11(5-6-12(10)16)14(19)18-13(7-8-17)15(2,3)4/h5-6,9,13H,7-8H2,1-4H3,(H,18,19). The van der Waals surface area contributed by atoms with E-state index >= 15 is 0 Å². The van der Waals surface area contributed by atoms with E-state index in [1.807, 2.05) is 25.1 Å². The first kappa shape index (κ1) is 16.5. The molecule has 0 heterocycles. The molecule has 1 aromatic rings. The number of carbonyl (C=O) groups excluding carboxylic acids is 1. The molecule has 0 saturated heterocycles. The van der Waals surface area contributed by atoms with Crippen LogP contribution in [0.15, 0.2) is 22.7 Å². The SMILES string of the molecule is Cc1cc(C(=O)NC(CCCl)C(C)(C)C)ccc1Br. The zero-order chi connectivity index (χ0) is 14.6. The quantitative estimate of drug-likeness (QED) is 0.797. The summed E-state index contributed by atoms with van der Waals surface area (Å²) in [6.07, 6.45) is 0.770. The Bertz CT molecular complexity index is 454. The van der Waals surface area contributed by atoms with Gasteiger partial charge >= 0.3 is 0 Å². The Labute approximate surface area is 129 Å². The number of carbonyl (C=O) groups is 1. The third kappa shape index (κ3) is 4.81. The summed E-state index contributed by atoms with van der Waals surface area (Å²) < 4.78 is 1.01. The zero-order valence-electron chi connectivity index (χ0n) is 11.9. The summed E-state index contributed by atoms with van der Waals surface area (Å²) in [4.78, 5) is 12.3. The second-order valence-electron chi connectivity index (χ2n) is 5.83. The van der Waals surface area contributed by atoms with Crippen molar-refractivity contribution in [1.29, 1.82) is 0 Å². The van der Waals surface area contributed by atoms with Crippen LogP contribution < -0.4 is 5.32 Å². The van der Waals surface area contributed by atoms with Crippen molar-refractivity contribution in [2.75, 3.05) is 5.88 Å². The maximum Gasteiger partial charge on any atom is 0.251 e. The van der Waals surface area contributed by atoms with E-state index in [-0.39, 0.29) is 17.4 Å². The first-order chi connectivity index (χ1) is 8.75. The molecule has 0 saturated carbocycles. The van der Waals surface area contributed by atoms with Gasteiger partial charge in [-0.3, -0.25) is 4.79 Å². The van der Waals surface area contributed by atoms with Gasteiger partial charge in [-0.2, -0.15) is 0 Å². The second-order valence-corrected chi connectivity index (χ2v) is 7.07. The summed E-state index contributed by atoms with van der Waals surface area (Å²) >= 11 is 9.26. The minimum Gasteiger partial charge on any atom is -0.349 e. The molecule has 0 spiro atoms. The number of amides is 1. The number of hydrogen-bond acceptors (Lipinski definition) is 1. The normalized spacial score (nSPS) is 13.2. The molecule has 1 unspecified atom stereocenters. The van der Waals surface area contributed by atoms with E-state index in [2.05, 4.69) is 42.0 Å². The second kappa shape index (κ2) is 6.76. The van der Waals surface area contributed by atoms with E-state index in [0.29, 0.717) is 11.4 Å². The van der Waals surface area contributed by atoms with E-state index in [1.165, 1.54) is 0 Å². The first-order valence-corrected chi connectivity index (χ1v) is 7.71. The highest BCUT2D eigenvalue weighted by Crippen LogP contribution is 2.23. The Hall–Kier alpha value is -0.540. The lowest BCUT2D eigenvalue weighted by Crippen LogP contribution is -2.44. The number of alkyl halides is 1. The summed E-state index contributed by atoms with van der Waals surface area (Å²) in [7, 11) is 0. The molecule has 1 rings (SSSR count). The Balaban J connectivity index is 2.84. The lowest BCUT2D eigenvalue weighted by molar-refractivity contribution is 0.0900. The van der Waals surface area contributed by atoms with Crippen molar-refractivity contribution in [3.8, 4) is 0 Å². The molecule has 2 nitrogen and oxygen atoms in total. The Morgan fingerprint density at radius 3 is 2.53 bits per heavy atom. The van der Waals surface area contributed by atoms with Crippen LogP contribution >= 0.6 is 27.5 Å². The highest BCUT2D eigenvalue weighted by atomic mass is 79.9. The largest absolute Gasteiger partial charge is 0.349 e. The van der Waals surface area contributed by atoms with Gasteiger partial charge in [0.05, 0.1) is 0 Å². The van der Waals surface area contributed by atoms with E-state index in [0.717, 1.165) is 16.5 Å². The average Bonchev–Trinajstić information content (AvgIpc) is 2.30. The molecule has 1 aromatic carbocycles. The third-order valence-electron chi connectivity index (χ3n) is 3.17. The summed E-state index contributed by atoms with van der Waals surface area (Å²) in [6, 6.07) is 5.69. The van der Waals surface area contributed by atoms with Crippen molar-refractivity contribution in [1.82, 2.24) is 5.32 Å². The maximum atomic E-state index is 12.3. The van der Waals surface area contributed by atoms with Gasteiger partial charge in [0.1, 0.15) is 0 Å². The minimum atomic E-state index is -0.0411. The fraction of sp³-hybridized carbons (Fsp3) is 0.533. The van der Waals surface area contributed by atoms with Crippen molar-refractivity contribution < 1.29 is 4.79 Å². The topological polar surface area (TPSA) is 29.1 Å². The number of hydrogen-bond donors (Lipinski definition) is 1. The molecule has 0 aromatic heterocycles. The molecule has 19 heavy (non-hydrogen) atoms. The van der Waals surface area contributed by atoms with Gasteiger partial charge in [-0.05, 0) is 42.5 Å². The predicted molar refractivity (Wildman–Crippen MR) is 84.9 cm³/mol. The molecule has 4 heteroatoms. The first-order valence-electron chi connectivity index (χ1n) is 6.38. The van der Waals surface area contributed by atoms with Crippen molar-refractivity contribution in [3.63, 3.8) is 0 Å². The molecule has 106 valence electrons. The molecule has 0 radical (unpaired) electrons. The molecular formula is C15H21BrClNO. The van der Waals surface area contributed by atoms with Gasteiger partial charge < -0.3 is 5.32 Å². The highest BCUT2D eigenvalue weighted by molar-refractivity contribution is 9.10. The van der Waals surface area contributed by atoms with Crippen LogP contribution in [0.3, 0.4) is 0 Å². The molecule has 0 aliphatic heterocycles. The van der Waals surface area contributed by atoms with Crippen LogP contribution in [0.4, 0.5) is 0 Å². The zero-order valence-corrected chi connectivity index (χ0v) is 14.2. The molecular weight excluding hydrogens is 326 g/mol. The number of nitrogens with one attached hydrogen (secondary N) is 1. The average molecular weight is 347 g/mol. The van der Waals surface area contributed by atoms with Gasteiger partial charge in [-0.15, -0.1) is 11.6 Å². The maximum absolute atomic E-state index is 12.3. The van der Waals surface area contributed by atoms with E-state index in [9.17, 15) is 4.79 Å². The highest BCUT2D eigenvalue weighted by Gasteiger charge is 2.26. The number of halogens is 2. The van der Waals surface area contributed by atoms with Crippen molar-refractivity contribution in [2.24, 2.45) is 5.41 Å². The van der Waals surface area contributed by atoms with Crippen molar-refractivity contribution in [3.05, 3.63) is 33.8 Å². The summed E-state index contributed by atoms with van der Waals surface area (Å²) in [5.41, 5.74) is 1.73.